The van der Waals surface area contributed by atoms with Gasteiger partial charge in [0.1, 0.15) is 0 Å². The molecule has 24 heavy (non-hydrogen) atoms. The van der Waals surface area contributed by atoms with E-state index >= 15 is 0 Å². The van der Waals surface area contributed by atoms with E-state index in [1.807, 2.05) is 6.92 Å². The molecule has 8 heteroatoms. The molecule has 0 unspecified atom stereocenters. The van der Waals surface area contributed by atoms with Crippen LogP contribution in [0.1, 0.15) is 31.6 Å². The lowest BCUT2D eigenvalue weighted by atomic mass is 9.97. The van der Waals surface area contributed by atoms with Crippen LogP contribution in [0.2, 0.25) is 0 Å². The number of rotatable bonds is 5. The smallest absolute Gasteiger partial charge is 0.309 e. The summed E-state index contributed by atoms with van der Waals surface area (Å²) in [7, 11) is 0. The Morgan fingerprint density at radius 1 is 1.46 bits per heavy atom. The summed E-state index contributed by atoms with van der Waals surface area (Å²) in [5.41, 5.74) is 0. The van der Waals surface area contributed by atoms with Gasteiger partial charge in [-0.2, -0.15) is 0 Å². The van der Waals surface area contributed by atoms with E-state index in [1.54, 1.807) is 11.3 Å². The molecule has 1 aromatic heterocycles. The van der Waals surface area contributed by atoms with Crippen LogP contribution in [0.5, 0.6) is 0 Å². The molecule has 0 aliphatic carbocycles. The van der Waals surface area contributed by atoms with Gasteiger partial charge in [0, 0.05) is 34.4 Å². The van der Waals surface area contributed by atoms with Gasteiger partial charge >= 0.3 is 5.97 Å². The van der Waals surface area contributed by atoms with Gasteiger partial charge in [-0.3, -0.25) is 4.79 Å². The third kappa shape index (κ3) is 6.51. The SMILES string of the molecule is CCNC(=NCc1cc(Br)cs1)N1CCC(C(=O)OCC)CC1.I. The number of halogens is 2. The average molecular weight is 530 g/mol. The normalized spacial score (nSPS) is 15.8. The monoisotopic (exact) mass is 529 g/mol. The first kappa shape index (κ1) is 21.7. The first-order valence-electron chi connectivity index (χ1n) is 8.06. The number of ether oxygens (including phenoxy) is 1. The molecular weight excluding hydrogens is 505 g/mol. The summed E-state index contributed by atoms with van der Waals surface area (Å²) < 4.78 is 6.23. The highest BCUT2D eigenvalue weighted by atomic mass is 127. The Balaban J connectivity index is 0.00000288. The van der Waals surface area contributed by atoms with E-state index in [4.69, 9.17) is 9.73 Å². The number of guanidine groups is 1. The van der Waals surface area contributed by atoms with Crippen LogP contribution in [0.25, 0.3) is 0 Å². The number of piperidine rings is 1. The Labute approximate surface area is 173 Å². The van der Waals surface area contributed by atoms with E-state index in [2.05, 4.69) is 44.5 Å². The van der Waals surface area contributed by atoms with Gasteiger partial charge < -0.3 is 15.0 Å². The lowest BCUT2D eigenvalue weighted by molar-refractivity contribution is -0.149. The highest BCUT2D eigenvalue weighted by Crippen LogP contribution is 2.21. The molecule has 1 aliphatic rings. The molecule has 1 aromatic rings. The Bertz CT molecular complexity index is 545. The van der Waals surface area contributed by atoms with Crippen molar-refractivity contribution in [2.24, 2.45) is 10.9 Å². The molecule has 1 aliphatic heterocycles. The van der Waals surface area contributed by atoms with Gasteiger partial charge in [0.15, 0.2) is 5.96 Å². The highest BCUT2D eigenvalue weighted by molar-refractivity contribution is 14.0. The highest BCUT2D eigenvalue weighted by Gasteiger charge is 2.27. The van der Waals surface area contributed by atoms with Gasteiger partial charge in [-0.05, 0) is 48.7 Å². The predicted octanol–water partition coefficient (Wildman–Crippen LogP) is 3.87. The molecule has 1 N–H and O–H groups in total. The fourth-order valence-electron chi connectivity index (χ4n) is 2.60. The van der Waals surface area contributed by atoms with Gasteiger partial charge in [0.25, 0.3) is 0 Å². The molecule has 1 fully saturated rings. The number of nitrogens with one attached hydrogen (secondary N) is 1. The van der Waals surface area contributed by atoms with Crippen molar-refractivity contribution in [2.75, 3.05) is 26.2 Å². The second-order valence-electron chi connectivity index (χ2n) is 5.41. The van der Waals surface area contributed by atoms with Gasteiger partial charge in [-0.15, -0.1) is 35.3 Å². The molecule has 1 saturated heterocycles. The topological polar surface area (TPSA) is 53.9 Å². The Morgan fingerprint density at radius 3 is 2.71 bits per heavy atom. The predicted molar refractivity (Wildman–Crippen MR) is 113 cm³/mol. The molecule has 0 saturated carbocycles. The van der Waals surface area contributed by atoms with Crippen molar-refractivity contribution in [3.8, 4) is 0 Å². The fourth-order valence-corrected chi connectivity index (χ4v) is 3.98. The second kappa shape index (κ2) is 11.3. The Hall–Kier alpha value is -0.350. The second-order valence-corrected chi connectivity index (χ2v) is 7.33. The van der Waals surface area contributed by atoms with E-state index in [-0.39, 0.29) is 35.9 Å². The largest absolute Gasteiger partial charge is 0.466 e. The standard InChI is InChI=1S/C16H24BrN3O2S.HI/c1-3-18-16(19-10-14-9-13(17)11-23-14)20-7-5-12(6-8-20)15(21)22-4-2;/h9,11-12H,3-8,10H2,1-2H3,(H,18,19);1H. The molecule has 5 nitrogen and oxygen atoms in total. The van der Waals surface area contributed by atoms with Gasteiger partial charge in [-0.1, -0.05) is 0 Å². The number of esters is 1. The van der Waals surface area contributed by atoms with Crippen molar-refractivity contribution in [3.63, 3.8) is 0 Å². The third-order valence-electron chi connectivity index (χ3n) is 3.76. The minimum absolute atomic E-state index is 0. The summed E-state index contributed by atoms with van der Waals surface area (Å²) in [5.74, 6) is 0.902. The number of carbonyl (C=O) groups is 1. The van der Waals surface area contributed by atoms with Crippen LogP contribution in [0.4, 0.5) is 0 Å². The molecule has 0 amide bonds. The lowest BCUT2D eigenvalue weighted by Gasteiger charge is -2.33. The first-order valence-corrected chi connectivity index (χ1v) is 9.74. The number of hydrogen-bond acceptors (Lipinski definition) is 4. The maximum atomic E-state index is 11.8. The van der Waals surface area contributed by atoms with Crippen molar-refractivity contribution < 1.29 is 9.53 Å². The zero-order valence-corrected chi connectivity index (χ0v) is 18.8. The van der Waals surface area contributed by atoms with E-state index in [0.29, 0.717) is 13.2 Å². The third-order valence-corrected chi connectivity index (χ3v) is 5.44. The average Bonchev–Trinajstić information content (AvgIpc) is 2.97. The summed E-state index contributed by atoms with van der Waals surface area (Å²) >= 11 is 5.18. The Morgan fingerprint density at radius 2 is 2.17 bits per heavy atom. The molecular formula is C16H25BrIN3O2S. The lowest BCUT2D eigenvalue weighted by Crippen LogP contribution is -2.46. The quantitative estimate of drug-likeness (QED) is 0.272. The van der Waals surface area contributed by atoms with Crippen LogP contribution in [-0.2, 0) is 16.1 Å². The van der Waals surface area contributed by atoms with Gasteiger partial charge in [0.05, 0.1) is 19.1 Å². The van der Waals surface area contributed by atoms with Crippen LogP contribution in [0, 0.1) is 5.92 Å². The number of likely N-dealkylation sites (tertiary alicyclic amines) is 1. The molecule has 0 bridgehead atoms. The van der Waals surface area contributed by atoms with E-state index < -0.39 is 0 Å². The summed E-state index contributed by atoms with van der Waals surface area (Å²) in [6.07, 6.45) is 1.65. The minimum Gasteiger partial charge on any atom is -0.466 e. The molecule has 2 rings (SSSR count). The Kier molecular flexibility index (Phi) is 10.2. The van der Waals surface area contributed by atoms with Crippen LogP contribution in [0.3, 0.4) is 0 Å². The van der Waals surface area contributed by atoms with E-state index in [0.717, 1.165) is 42.9 Å². The van der Waals surface area contributed by atoms with Crippen LogP contribution in [-0.4, -0.2) is 43.1 Å². The summed E-state index contributed by atoms with van der Waals surface area (Å²) in [6, 6.07) is 2.10. The fraction of sp³-hybridized carbons (Fsp3) is 0.625. The number of nitrogens with zero attached hydrogens (tertiary/aromatic N) is 2. The van der Waals surface area contributed by atoms with Gasteiger partial charge in [-0.25, -0.2) is 4.99 Å². The summed E-state index contributed by atoms with van der Waals surface area (Å²) in [5, 5.41) is 5.42. The zero-order chi connectivity index (χ0) is 16.7. The summed E-state index contributed by atoms with van der Waals surface area (Å²) in [6.45, 7) is 7.57. The molecule has 2 heterocycles. The maximum absolute atomic E-state index is 11.8. The van der Waals surface area contributed by atoms with E-state index in [1.165, 1.54) is 4.88 Å². The van der Waals surface area contributed by atoms with Crippen molar-refractivity contribution in [3.05, 3.63) is 20.8 Å². The zero-order valence-electron chi connectivity index (χ0n) is 14.1. The van der Waals surface area contributed by atoms with Crippen LogP contribution < -0.4 is 5.32 Å². The molecule has 0 aromatic carbocycles. The minimum atomic E-state index is -0.0578. The van der Waals surface area contributed by atoms with Crippen LogP contribution >= 0.6 is 51.2 Å². The van der Waals surface area contributed by atoms with Crippen LogP contribution in [0.15, 0.2) is 20.9 Å². The molecule has 0 radical (unpaired) electrons. The van der Waals surface area contributed by atoms with Crippen molar-refractivity contribution in [1.29, 1.82) is 0 Å². The molecule has 0 spiro atoms. The van der Waals surface area contributed by atoms with E-state index in [9.17, 15) is 4.79 Å². The molecule has 0 atom stereocenters. The number of thiophene rings is 1. The van der Waals surface area contributed by atoms with Gasteiger partial charge in [0.2, 0.25) is 0 Å². The summed E-state index contributed by atoms with van der Waals surface area (Å²) in [4.78, 5) is 20.0. The van der Waals surface area contributed by atoms with Crippen molar-refractivity contribution in [2.45, 2.75) is 33.2 Å². The number of aliphatic imine (C=N–C) groups is 1. The first-order chi connectivity index (χ1) is 11.1. The number of hydrogen-bond donors (Lipinski definition) is 1. The van der Waals surface area contributed by atoms with Crippen molar-refractivity contribution in [1.82, 2.24) is 10.2 Å². The van der Waals surface area contributed by atoms with Crippen molar-refractivity contribution >= 4 is 63.2 Å². The maximum Gasteiger partial charge on any atom is 0.309 e. The molecule has 136 valence electrons. The number of carbonyl (C=O) groups excluding carboxylic acids is 1.